The molecule has 0 aromatic heterocycles. The normalized spacial score (nSPS) is 17.0. The van der Waals surface area contributed by atoms with E-state index in [1.807, 2.05) is 19.9 Å². The number of benzene rings is 1. The maximum Gasteiger partial charge on any atom is 0.241 e. The topological polar surface area (TPSA) is 72.2 Å². The van der Waals surface area contributed by atoms with Crippen molar-refractivity contribution >= 4 is 10.0 Å². The molecule has 106 valence electrons. The van der Waals surface area contributed by atoms with Crippen LogP contribution in [0.1, 0.15) is 42.4 Å². The van der Waals surface area contributed by atoms with Crippen LogP contribution in [0.5, 0.6) is 0 Å². The van der Waals surface area contributed by atoms with Crippen molar-refractivity contribution in [1.29, 1.82) is 0 Å². The molecule has 1 aliphatic rings. The molecule has 0 saturated heterocycles. The van der Waals surface area contributed by atoms with Gasteiger partial charge in [0.05, 0.1) is 4.90 Å². The first-order valence-corrected chi connectivity index (χ1v) is 8.25. The predicted molar refractivity (Wildman–Crippen MR) is 76.4 cm³/mol. The van der Waals surface area contributed by atoms with Crippen molar-refractivity contribution in [2.75, 3.05) is 0 Å². The molecule has 19 heavy (non-hydrogen) atoms. The van der Waals surface area contributed by atoms with Gasteiger partial charge in [-0.05, 0) is 49.4 Å². The molecule has 3 N–H and O–H groups in total. The number of nitrogens with one attached hydrogen (secondary N) is 1. The second kappa shape index (κ2) is 5.61. The molecule has 5 heteroatoms. The molecule has 0 bridgehead atoms. The van der Waals surface area contributed by atoms with Crippen molar-refractivity contribution in [2.45, 2.75) is 57.0 Å². The Morgan fingerprint density at radius 2 is 1.89 bits per heavy atom. The average Bonchev–Trinajstić information content (AvgIpc) is 2.84. The number of nitrogens with two attached hydrogens (primary N) is 1. The Kier molecular flexibility index (Phi) is 4.28. The fourth-order valence-corrected chi connectivity index (χ4v) is 4.29. The minimum Gasteiger partial charge on any atom is -0.326 e. The molecular weight excluding hydrogens is 260 g/mol. The van der Waals surface area contributed by atoms with E-state index in [2.05, 4.69) is 4.72 Å². The first kappa shape index (κ1) is 14.5. The molecule has 1 saturated carbocycles. The molecule has 0 aliphatic heterocycles. The summed E-state index contributed by atoms with van der Waals surface area (Å²) in [7, 11) is -3.44. The standard InChI is InChI=1S/C14H22N2O2S/c1-10-7-12(9-15)8-14(11(10)2)19(17,18)16-13-5-3-4-6-13/h7-8,13,16H,3-6,9,15H2,1-2H3. The van der Waals surface area contributed by atoms with Gasteiger partial charge in [0.1, 0.15) is 0 Å². The van der Waals surface area contributed by atoms with Gasteiger partial charge in [0.15, 0.2) is 0 Å². The molecule has 4 nitrogen and oxygen atoms in total. The van der Waals surface area contributed by atoms with Crippen LogP contribution in [-0.2, 0) is 16.6 Å². The Labute approximate surface area is 115 Å². The molecule has 0 spiro atoms. The van der Waals surface area contributed by atoms with Crippen LogP contribution in [0.3, 0.4) is 0 Å². The summed E-state index contributed by atoms with van der Waals surface area (Å²) in [5, 5.41) is 0. The van der Waals surface area contributed by atoms with Gasteiger partial charge in [-0.3, -0.25) is 0 Å². The van der Waals surface area contributed by atoms with Crippen molar-refractivity contribution in [3.63, 3.8) is 0 Å². The highest BCUT2D eigenvalue weighted by Gasteiger charge is 2.24. The quantitative estimate of drug-likeness (QED) is 0.887. The lowest BCUT2D eigenvalue weighted by atomic mass is 10.1. The fraction of sp³-hybridized carbons (Fsp3) is 0.571. The van der Waals surface area contributed by atoms with Crippen LogP contribution in [0.4, 0.5) is 0 Å². The van der Waals surface area contributed by atoms with Crippen molar-refractivity contribution < 1.29 is 8.42 Å². The summed E-state index contributed by atoms with van der Waals surface area (Å²) in [5.74, 6) is 0. The number of rotatable bonds is 4. The predicted octanol–water partition coefficient (Wildman–Crippen LogP) is 1.98. The van der Waals surface area contributed by atoms with Gasteiger partial charge in [0.2, 0.25) is 10.0 Å². The van der Waals surface area contributed by atoms with Gasteiger partial charge in [0.25, 0.3) is 0 Å². The van der Waals surface area contributed by atoms with E-state index >= 15 is 0 Å². The zero-order chi connectivity index (χ0) is 14.0. The van der Waals surface area contributed by atoms with E-state index in [1.54, 1.807) is 6.07 Å². The highest BCUT2D eigenvalue weighted by Crippen LogP contribution is 2.24. The Hall–Kier alpha value is -0.910. The molecule has 0 radical (unpaired) electrons. The summed E-state index contributed by atoms with van der Waals surface area (Å²) in [6.07, 6.45) is 4.09. The molecule has 0 amide bonds. The lowest BCUT2D eigenvalue weighted by Gasteiger charge is -2.16. The molecule has 1 fully saturated rings. The minimum atomic E-state index is -3.44. The molecule has 0 unspecified atom stereocenters. The summed E-state index contributed by atoms with van der Waals surface area (Å²) in [6, 6.07) is 3.73. The Morgan fingerprint density at radius 3 is 2.47 bits per heavy atom. The lowest BCUT2D eigenvalue weighted by molar-refractivity contribution is 0.551. The van der Waals surface area contributed by atoms with E-state index in [-0.39, 0.29) is 6.04 Å². The Morgan fingerprint density at radius 1 is 1.26 bits per heavy atom. The van der Waals surface area contributed by atoms with Crippen molar-refractivity contribution in [1.82, 2.24) is 4.72 Å². The molecular formula is C14H22N2O2S. The number of sulfonamides is 1. The Balaban J connectivity index is 2.36. The van der Waals surface area contributed by atoms with Gasteiger partial charge in [-0.15, -0.1) is 0 Å². The maximum atomic E-state index is 12.5. The van der Waals surface area contributed by atoms with Crippen LogP contribution in [-0.4, -0.2) is 14.5 Å². The van der Waals surface area contributed by atoms with E-state index in [1.165, 1.54) is 0 Å². The van der Waals surface area contributed by atoms with Gasteiger partial charge in [-0.1, -0.05) is 18.9 Å². The molecule has 2 rings (SSSR count). The van der Waals surface area contributed by atoms with Crippen LogP contribution < -0.4 is 10.5 Å². The lowest BCUT2D eigenvalue weighted by Crippen LogP contribution is -2.33. The first-order chi connectivity index (χ1) is 8.94. The summed E-state index contributed by atoms with van der Waals surface area (Å²) >= 11 is 0. The summed E-state index contributed by atoms with van der Waals surface area (Å²) in [4.78, 5) is 0.375. The van der Waals surface area contributed by atoms with Crippen molar-refractivity contribution in [2.24, 2.45) is 5.73 Å². The molecule has 1 aromatic carbocycles. The fourth-order valence-electron chi connectivity index (χ4n) is 2.62. The third kappa shape index (κ3) is 3.16. The van der Waals surface area contributed by atoms with Gasteiger partial charge < -0.3 is 5.73 Å². The zero-order valence-corrected chi connectivity index (χ0v) is 12.4. The van der Waals surface area contributed by atoms with Gasteiger partial charge in [-0.2, -0.15) is 0 Å². The van der Waals surface area contributed by atoms with E-state index in [0.29, 0.717) is 11.4 Å². The van der Waals surface area contributed by atoms with Crippen LogP contribution in [0.25, 0.3) is 0 Å². The van der Waals surface area contributed by atoms with Gasteiger partial charge >= 0.3 is 0 Å². The second-order valence-electron chi connectivity index (χ2n) is 5.34. The molecule has 0 atom stereocenters. The van der Waals surface area contributed by atoms with Crippen LogP contribution in [0, 0.1) is 13.8 Å². The maximum absolute atomic E-state index is 12.5. The van der Waals surface area contributed by atoms with Crippen molar-refractivity contribution in [3.05, 3.63) is 28.8 Å². The first-order valence-electron chi connectivity index (χ1n) is 6.76. The third-order valence-electron chi connectivity index (χ3n) is 3.88. The van der Waals surface area contributed by atoms with Crippen molar-refractivity contribution in [3.8, 4) is 0 Å². The van der Waals surface area contributed by atoms with Crippen LogP contribution >= 0.6 is 0 Å². The highest BCUT2D eigenvalue weighted by atomic mass is 32.2. The van der Waals surface area contributed by atoms with Gasteiger partial charge in [0, 0.05) is 12.6 Å². The van der Waals surface area contributed by atoms with E-state index in [4.69, 9.17) is 5.73 Å². The third-order valence-corrected chi connectivity index (χ3v) is 5.53. The monoisotopic (exact) mass is 282 g/mol. The minimum absolute atomic E-state index is 0.0891. The summed E-state index contributed by atoms with van der Waals surface area (Å²) in [5.41, 5.74) is 8.26. The average molecular weight is 282 g/mol. The van der Waals surface area contributed by atoms with Crippen LogP contribution in [0.15, 0.2) is 17.0 Å². The molecule has 0 heterocycles. The van der Waals surface area contributed by atoms with E-state index in [9.17, 15) is 8.42 Å². The van der Waals surface area contributed by atoms with Crippen LogP contribution in [0.2, 0.25) is 0 Å². The van der Waals surface area contributed by atoms with E-state index < -0.39 is 10.0 Å². The zero-order valence-electron chi connectivity index (χ0n) is 11.6. The largest absolute Gasteiger partial charge is 0.326 e. The Bertz CT molecular complexity index is 561. The second-order valence-corrected chi connectivity index (χ2v) is 7.03. The molecule has 1 aromatic rings. The number of hydrogen-bond donors (Lipinski definition) is 2. The van der Waals surface area contributed by atoms with Gasteiger partial charge in [-0.25, -0.2) is 13.1 Å². The number of hydrogen-bond acceptors (Lipinski definition) is 3. The SMILES string of the molecule is Cc1cc(CN)cc(S(=O)(=O)NC2CCCC2)c1C. The number of aryl methyl sites for hydroxylation is 1. The highest BCUT2D eigenvalue weighted by molar-refractivity contribution is 7.89. The summed E-state index contributed by atoms with van der Waals surface area (Å²) in [6.45, 7) is 4.12. The smallest absolute Gasteiger partial charge is 0.241 e. The van der Waals surface area contributed by atoms with E-state index in [0.717, 1.165) is 42.4 Å². The summed E-state index contributed by atoms with van der Waals surface area (Å²) < 4.78 is 27.8. The molecule has 1 aliphatic carbocycles.